The SMILES string of the molecule is NNC(=O)Cc1ccc(CSc2cc(N)ccc2Cl)cc1. The van der Waals surface area contributed by atoms with Crippen molar-refractivity contribution < 1.29 is 4.79 Å². The van der Waals surface area contributed by atoms with Gasteiger partial charge in [0, 0.05) is 16.3 Å². The fraction of sp³-hybridized carbons (Fsp3) is 0.133. The summed E-state index contributed by atoms with van der Waals surface area (Å²) in [7, 11) is 0. The number of hydrogen-bond donors (Lipinski definition) is 3. The maximum Gasteiger partial charge on any atom is 0.238 e. The highest BCUT2D eigenvalue weighted by atomic mass is 35.5. The first-order chi connectivity index (χ1) is 10.1. The van der Waals surface area contributed by atoms with E-state index in [-0.39, 0.29) is 12.3 Å². The Morgan fingerprint density at radius 1 is 1.14 bits per heavy atom. The third kappa shape index (κ3) is 4.67. The standard InChI is InChI=1S/C15H16ClN3OS/c16-13-6-5-12(17)8-14(13)21-9-11-3-1-10(2-4-11)7-15(20)19-18/h1-6,8H,7,9,17-18H2,(H,19,20). The fourth-order valence-corrected chi connectivity index (χ4v) is 3.00. The van der Waals surface area contributed by atoms with Crippen molar-refractivity contribution >= 4 is 35.0 Å². The molecule has 0 atom stereocenters. The topological polar surface area (TPSA) is 81.1 Å². The molecule has 2 rings (SSSR count). The molecule has 6 heteroatoms. The Morgan fingerprint density at radius 2 is 1.81 bits per heavy atom. The summed E-state index contributed by atoms with van der Waals surface area (Å²) in [6.07, 6.45) is 0.283. The lowest BCUT2D eigenvalue weighted by Gasteiger charge is -2.06. The largest absolute Gasteiger partial charge is 0.399 e. The van der Waals surface area contributed by atoms with Crippen LogP contribution in [0.3, 0.4) is 0 Å². The molecule has 0 unspecified atom stereocenters. The third-order valence-corrected chi connectivity index (χ3v) is 4.47. The Morgan fingerprint density at radius 3 is 2.48 bits per heavy atom. The normalized spacial score (nSPS) is 10.4. The van der Waals surface area contributed by atoms with E-state index < -0.39 is 0 Å². The second-order valence-electron chi connectivity index (χ2n) is 4.54. The highest BCUT2D eigenvalue weighted by molar-refractivity contribution is 7.98. The molecular weight excluding hydrogens is 306 g/mol. The Labute approximate surface area is 132 Å². The molecule has 0 saturated carbocycles. The number of anilines is 1. The van der Waals surface area contributed by atoms with Crippen molar-refractivity contribution in [1.82, 2.24) is 5.43 Å². The van der Waals surface area contributed by atoms with Gasteiger partial charge in [-0.05, 0) is 29.3 Å². The smallest absolute Gasteiger partial charge is 0.238 e. The first-order valence-corrected chi connectivity index (χ1v) is 7.70. The summed E-state index contributed by atoms with van der Waals surface area (Å²) >= 11 is 7.76. The number of hydrogen-bond acceptors (Lipinski definition) is 4. The van der Waals surface area contributed by atoms with E-state index in [1.807, 2.05) is 30.3 Å². The van der Waals surface area contributed by atoms with E-state index in [1.165, 1.54) is 0 Å². The van der Waals surface area contributed by atoms with Crippen molar-refractivity contribution in [3.05, 3.63) is 58.6 Å². The van der Waals surface area contributed by atoms with Crippen molar-refractivity contribution in [2.45, 2.75) is 17.1 Å². The number of thioether (sulfide) groups is 1. The molecule has 0 heterocycles. The van der Waals surface area contributed by atoms with Gasteiger partial charge in [-0.1, -0.05) is 35.9 Å². The van der Waals surface area contributed by atoms with E-state index in [9.17, 15) is 4.79 Å². The minimum absolute atomic E-state index is 0.205. The van der Waals surface area contributed by atoms with Crippen molar-refractivity contribution in [2.75, 3.05) is 5.73 Å². The Balaban J connectivity index is 1.97. The van der Waals surface area contributed by atoms with Gasteiger partial charge in [0.25, 0.3) is 0 Å². The van der Waals surface area contributed by atoms with Crippen LogP contribution < -0.4 is 17.0 Å². The molecule has 21 heavy (non-hydrogen) atoms. The molecule has 2 aromatic rings. The van der Waals surface area contributed by atoms with Gasteiger partial charge in [0.15, 0.2) is 0 Å². The zero-order valence-electron chi connectivity index (χ0n) is 11.3. The quantitative estimate of drug-likeness (QED) is 0.260. The molecule has 5 N–H and O–H groups in total. The van der Waals surface area contributed by atoms with E-state index in [0.29, 0.717) is 10.7 Å². The highest BCUT2D eigenvalue weighted by Crippen LogP contribution is 2.31. The third-order valence-electron chi connectivity index (χ3n) is 2.90. The number of nitrogen functional groups attached to an aromatic ring is 1. The molecule has 1 amide bonds. The molecule has 0 spiro atoms. The van der Waals surface area contributed by atoms with Crippen LogP contribution in [-0.4, -0.2) is 5.91 Å². The van der Waals surface area contributed by atoms with Gasteiger partial charge in [-0.3, -0.25) is 10.2 Å². The number of nitrogens with one attached hydrogen (secondary N) is 1. The van der Waals surface area contributed by atoms with Crippen molar-refractivity contribution in [3.8, 4) is 0 Å². The number of halogens is 1. The second-order valence-corrected chi connectivity index (χ2v) is 5.96. The molecule has 0 saturated heterocycles. The van der Waals surface area contributed by atoms with Crippen LogP contribution in [0, 0.1) is 0 Å². The zero-order valence-corrected chi connectivity index (χ0v) is 12.9. The van der Waals surface area contributed by atoms with E-state index in [2.05, 4.69) is 5.43 Å². The summed E-state index contributed by atoms with van der Waals surface area (Å²) in [4.78, 5) is 12.1. The Kier molecular flexibility index (Phi) is 5.50. The number of carbonyl (C=O) groups is 1. The van der Waals surface area contributed by atoms with Gasteiger partial charge in [0.2, 0.25) is 5.91 Å². The number of benzene rings is 2. The molecule has 0 fully saturated rings. The average molecular weight is 322 g/mol. The minimum atomic E-state index is -0.205. The van der Waals surface area contributed by atoms with Crippen molar-refractivity contribution in [1.29, 1.82) is 0 Å². The van der Waals surface area contributed by atoms with Crippen LogP contribution >= 0.6 is 23.4 Å². The predicted molar refractivity (Wildman–Crippen MR) is 87.9 cm³/mol. The second kappa shape index (κ2) is 7.36. The van der Waals surface area contributed by atoms with Crippen molar-refractivity contribution in [3.63, 3.8) is 0 Å². The number of nitrogens with two attached hydrogens (primary N) is 2. The van der Waals surface area contributed by atoms with Crippen LogP contribution in [0.15, 0.2) is 47.4 Å². The number of hydrazine groups is 1. The van der Waals surface area contributed by atoms with Gasteiger partial charge in [0.05, 0.1) is 11.4 Å². The van der Waals surface area contributed by atoms with E-state index >= 15 is 0 Å². The molecular formula is C15H16ClN3OS. The van der Waals surface area contributed by atoms with Crippen LogP contribution in [0.5, 0.6) is 0 Å². The van der Waals surface area contributed by atoms with E-state index in [0.717, 1.165) is 21.8 Å². The molecule has 0 bridgehead atoms. The summed E-state index contributed by atoms with van der Waals surface area (Å²) in [6.45, 7) is 0. The summed E-state index contributed by atoms with van der Waals surface area (Å²) in [5.41, 5.74) is 10.6. The van der Waals surface area contributed by atoms with Gasteiger partial charge < -0.3 is 5.73 Å². The number of amides is 1. The summed E-state index contributed by atoms with van der Waals surface area (Å²) in [5, 5.41) is 0.699. The number of carbonyl (C=O) groups excluding carboxylic acids is 1. The van der Waals surface area contributed by atoms with E-state index in [4.69, 9.17) is 23.2 Å². The molecule has 0 aromatic heterocycles. The summed E-state index contributed by atoms with van der Waals surface area (Å²) in [5.74, 6) is 5.64. The monoisotopic (exact) mass is 321 g/mol. The number of rotatable bonds is 5. The maximum atomic E-state index is 11.2. The average Bonchev–Trinajstić information content (AvgIpc) is 2.49. The Bertz CT molecular complexity index is 631. The van der Waals surface area contributed by atoms with Gasteiger partial charge in [-0.2, -0.15) is 0 Å². The molecule has 2 aromatic carbocycles. The molecule has 0 aliphatic rings. The zero-order chi connectivity index (χ0) is 15.2. The van der Waals surface area contributed by atoms with Crippen molar-refractivity contribution in [2.24, 2.45) is 5.84 Å². The highest BCUT2D eigenvalue weighted by Gasteiger charge is 2.04. The molecule has 4 nitrogen and oxygen atoms in total. The lowest BCUT2D eigenvalue weighted by molar-refractivity contribution is -0.120. The minimum Gasteiger partial charge on any atom is -0.399 e. The van der Waals surface area contributed by atoms with Gasteiger partial charge in [0.1, 0.15) is 0 Å². The lowest BCUT2D eigenvalue weighted by atomic mass is 10.1. The molecule has 0 aliphatic carbocycles. The molecule has 0 aliphatic heterocycles. The van der Waals surface area contributed by atoms with Crippen LogP contribution in [-0.2, 0) is 17.0 Å². The van der Waals surface area contributed by atoms with Crippen LogP contribution in [0.4, 0.5) is 5.69 Å². The maximum absolute atomic E-state index is 11.2. The summed E-state index contributed by atoms with van der Waals surface area (Å²) in [6, 6.07) is 13.3. The van der Waals surface area contributed by atoms with Gasteiger partial charge >= 0.3 is 0 Å². The van der Waals surface area contributed by atoms with Crippen LogP contribution in [0.2, 0.25) is 5.02 Å². The first-order valence-electron chi connectivity index (χ1n) is 6.33. The van der Waals surface area contributed by atoms with Gasteiger partial charge in [-0.25, -0.2) is 5.84 Å². The fourth-order valence-electron chi connectivity index (χ4n) is 1.78. The van der Waals surface area contributed by atoms with Crippen LogP contribution in [0.1, 0.15) is 11.1 Å². The lowest BCUT2D eigenvalue weighted by Crippen LogP contribution is -2.31. The van der Waals surface area contributed by atoms with Gasteiger partial charge in [-0.15, -0.1) is 11.8 Å². The van der Waals surface area contributed by atoms with E-state index in [1.54, 1.807) is 23.9 Å². The van der Waals surface area contributed by atoms with Crippen LogP contribution in [0.25, 0.3) is 0 Å². The Hall–Kier alpha value is -1.69. The first kappa shape index (κ1) is 15.7. The molecule has 0 radical (unpaired) electrons. The molecule has 110 valence electrons. The predicted octanol–water partition coefficient (Wildman–Crippen LogP) is 2.75. The summed E-state index contributed by atoms with van der Waals surface area (Å²) < 4.78 is 0.